The van der Waals surface area contributed by atoms with Gasteiger partial charge < -0.3 is 43.0 Å². The predicted molar refractivity (Wildman–Crippen MR) is 188 cm³/mol. The molecule has 2 aliphatic heterocycles. The molecular weight excluding hydrogens is 736 g/mol. The monoisotopic (exact) mass is 786 g/mol. The van der Waals surface area contributed by atoms with Crippen LogP contribution in [0.1, 0.15) is 68.7 Å². The van der Waals surface area contributed by atoms with Gasteiger partial charge in [-0.15, -0.1) is 0 Å². The van der Waals surface area contributed by atoms with Crippen molar-refractivity contribution in [3.8, 4) is 0 Å². The van der Waals surface area contributed by atoms with Crippen LogP contribution in [-0.4, -0.2) is 108 Å². The predicted octanol–water partition coefficient (Wildman–Crippen LogP) is 2.23. The van der Waals surface area contributed by atoms with Crippen LogP contribution >= 0.6 is 0 Å². The minimum Gasteiger partial charge on any atom is -0.467 e. The number of hydrogen-bond donors (Lipinski definition) is 1. The van der Waals surface area contributed by atoms with Crippen molar-refractivity contribution in [3.63, 3.8) is 0 Å². The van der Waals surface area contributed by atoms with E-state index in [1.54, 1.807) is 39.0 Å². The summed E-state index contributed by atoms with van der Waals surface area (Å²) < 4.78 is 47.7. The Hall–Kier alpha value is -4.57. The number of methoxy groups -OCH3 is 1. The van der Waals surface area contributed by atoms with E-state index >= 15 is 0 Å². The lowest BCUT2D eigenvalue weighted by molar-refractivity contribution is -0.334. The van der Waals surface area contributed by atoms with Gasteiger partial charge in [0.2, 0.25) is 5.60 Å². The number of cyclic esters (lactones) is 1. The third-order valence-corrected chi connectivity index (χ3v) is 13.8. The van der Waals surface area contributed by atoms with Gasteiger partial charge in [0.1, 0.15) is 31.0 Å². The maximum Gasteiger partial charge on any atom is 0.342 e. The topological polar surface area (TPSA) is 217 Å². The summed E-state index contributed by atoms with van der Waals surface area (Å²) in [5, 5.41) is 13.6. The molecule has 1 saturated heterocycles. The van der Waals surface area contributed by atoms with Crippen LogP contribution in [0.3, 0.4) is 0 Å². The summed E-state index contributed by atoms with van der Waals surface area (Å²) in [5.74, 6) is -8.83. The zero-order valence-electron chi connectivity index (χ0n) is 33.2. The van der Waals surface area contributed by atoms with Crippen LogP contribution in [0.2, 0.25) is 0 Å². The summed E-state index contributed by atoms with van der Waals surface area (Å²) in [4.78, 5) is 92.6. The molecule has 0 spiro atoms. The van der Waals surface area contributed by atoms with Crippen molar-refractivity contribution in [2.75, 3.05) is 13.7 Å². The van der Waals surface area contributed by atoms with Crippen molar-refractivity contribution < 1.29 is 76.6 Å². The van der Waals surface area contributed by atoms with Crippen LogP contribution in [0.15, 0.2) is 36.5 Å². The Morgan fingerprint density at radius 3 is 1.96 bits per heavy atom. The second-order valence-corrected chi connectivity index (χ2v) is 16.7. The largest absolute Gasteiger partial charge is 0.467 e. The van der Waals surface area contributed by atoms with Crippen LogP contribution in [0, 0.1) is 39.4 Å². The fraction of sp³-hybridized carbons (Fsp3) is 0.675. The molecule has 0 radical (unpaired) electrons. The minimum atomic E-state index is -2.09. The van der Waals surface area contributed by atoms with Gasteiger partial charge in [-0.2, -0.15) is 0 Å². The molecule has 0 amide bonds. The molecule has 56 heavy (non-hydrogen) atoms. The lowest BCUT2D eigenvalue weighted by atomic mass is 9.33. The molecule has 16 nitrogen and oxygen atoms in total. The Balaban J connectivity index is 1.75. The van der Waals surface area contributed by atoms with Crippen molar-refractivity contribution in [3.05, 3.63) is 36.5 Å². The van der Waals surface area contributed by atoms with Crippen molar-refractivity contribution in [1.29, 1.82) is 0 Å². The number of fused-ring (bicyclic) bond motifs is 9. The van der Waals surface area contributed by atoms with E-state index in [-0.39, 0.29) is 6.42 Å². The number of aliphatic hydroxyl groups is 1. The highest BCUT2D eigenvalue weighted by Gasteiger charge is 2.90. The summed E-state index contributed by atoms with van der Waals surface area (Å²) in [7, 11) is 1.15. The van der Waals surface area contributed by atoms with Gasteiger partial charge >= 0.3 is 41.8 Å². The standard InChI is InChI=1S/C40H50O16/c1-18-16-39(48)26-14-15-35(8)25-12-13-27(46)50-17-38(25,19(2)51-20(3)41)31(53-22(5)43)28(52-21(4)42)29(35)36(26,9)32(54-23(6)44)33(55-24(7)45)37(39,10)40(30(18)56-40)34(47)49-11/h12-15,19,25-26,28-33,48H,1,16-17H2,2-11H3. The highest BCUT2D eigenvalue weighted by Crippen LogP contribution is 2.77. The summed E-state index contributed by atoms with van der Waals surface area (Å²) in [6, 6.07) is 0. The van der Waals surface area contributed by atoms with E-state index in [4.69, 9.17) is 37.9 Å². The summed E-state index contributed by atoms with van der Waals surface area (Å²) in [6.07, 6.45) is -2.20. The second-order valence-electron chi connectivity index (χ2n) is 16.7. The number of rotatable bonds is 7. The van der Waals surface area contributed by atoms with E-state index in [1.165, 1.54) is 19.9 Å². The van der Waals surface area contributed by atoms with Gasteiger partial charge in [-0.1, -0.05) is 38.7 Å². The average molecular weight is 787 g/mol. The smallest absolute Gasteiger partial charge is 0.342 e. The molecule has 0 aromatic rings. The number of ether oxygens (including phenoxy) is 8. The molecule has 4 fully saturated rings. The van der Waals surface area contributed by atoms with Crippen LogP contribution < -0.4 is 0 Å². The van der Waals surface area contributed by atoms with Gasteiger partial charge in [-0.25, -0.2) is 9.59 Å². The second kappa shape index (κ2) is 13.3. The van der Waals surface area contributed by atoms with Crippen LogP contribution in [0.5, 0.6) is 0 Å². The van der Waals surface area contributed by atoms with Crippen LogP contribution in [-0.2, 0) is 71.5 Å². The molecule has 0 aromatic carbocycles. The molecule has 2 heterocycles. The number of carbonyl (C=O) groups is 7. The normalized spacial score (nSPS) is 44.6. The van der Waals surface area contributed by atoms with E-state index in [2.05, 4.69) is 6.58 Å². The first-order chi connectivity index (χ1) is 25.9. The zero-order valence-corrected chi connectivity index (χ0v) is 33.2. The molecule has 15 atom stereocenters. The van der Waals surface area contributed by atoms with Gasteiger partial charge in [0.15, 0.2) is 12.2 Å². The maximum atomic E-state index is 13.9. The van der Waals surface area contributed by atoms with E-state index in [9.17, 15) is 38.7 Å². The van der Waals surface area contributed by atoms with E-state index < -0.39 is 136 Å². The highest BCUT2D eigenvalue weighted by molar-refractivity contribution is 5.87. The Labute approximate surface area is 324 Å². The van der Waals surface area contributed by atoms with Gasteiger partial charge in [-0.3, -0.25) is 24.0 Å². The lowest BCUT2D eigenvalue weighted by Crippen LogP contribution is -2.83. The molecule has 1 N–H and O–H groups in total. The molecule has 6 rings (SSSR count). The zero-order chi connectivity index (χ0) is 41.7. The average Bonchev–Trinajstić information content (AvgIpc) is 3.87. The first-order valence-electron chi connectivity index (χ1n) is 18.5. The Bertz CT molecular complexity index is 1850. The Kier molecular flexibility index (Phi) is 9.72. The fourth-order valence-electron chi connectivity index (χ4n) is 12.0. The molecule has 3 saturated carbocycles. The molecule has 0 aromatic heterocycles. The van der Waals surface area contributed by atoms with Crippen molar-refractivity contribution >= 4 is 41.8 Å². The number of allylic oxidation sites excluding steroid dienone is 2. The number of esters is 7. The Morgan fingerprint density at radius 1 is 0.839 bits per heavy atom. The third-order valence-electron chi connectivity index (χ3n) is 13.8. The molecule has 0 bridgehead atoms. The summed E-state index contributed by atoms with van der Waals surface area (Å²) in [6.45, 7) is 16.0. The van der Waals surface area contributed by atoms with Crippen molar-refractivity contribution in [2.24, 2.45) is 39.4 Å². The van der Waals surface area contributed by atoms with E-state index in [1.807, 2.05) is 0 Å². The fourth-order valence-corrected chi connectivity index (χ4v) is 12.0. The first-order valence-corrected chi connectivity index (χ1v) is 18.5. The quantitative estimate of drug-likeness (QED) is 0.169. The van der Waals surface area contributed by atoms with Crippen molar-refractivity contribution in [1.82, 2.24) is 0 Å². The van der Waals surface area contributed by atoms with E-state index in [0.717, 1.165) is 34.8 Å². The number of hydrogen-bond acceptors (Lipinski definition) is 16. The molecule has 15 unspecified atom stereocenters. The molecule has 306 valence electrons. The van der Waals surface area contributed by atoms with Crippen LogP contribution in [0.4, 0.5) is 0 Å². The van der Waals surface area contributed by atoms with Crippen molar-refractivity contribution in [2.45, 2.75) is 117 Å². The third kappa shape index (κ3) is 5.26. The molecule has 6 aliphatic rings. The SMILES string of the molecule is C=C1CC2(O)C3C=CC4(C)C(C(OC(C)=O)C(OC(C)=O)C5(C(C)OC(C)=O)COC(=O)C=CC45)C3(C)C(OC(C)=O)C(OC(C)=O)C2(C)C2(C(=O)OC)OC12. The van der Waals surface area contributed by atoms with Crippen LogP contribution in [0.25, 0.3) is 0 Å². The number of epoxide rings is 1. The summed E-state index contributed by atoms with van der Waals surface area (Å²) in [5.41, 5.74) is -10.2. The molecule has 4 aliphatic carbocycles. The van der Waals surface area contributed by atoms with Gasteiger partial charge in [0.25, 0.3) is 0 Å². The lowest BCUT2D eigenvalue weighted by Gasteiger charge is -2.73. The Morgan fingerprint density at radius 2 is 1.41 bits per heavy atom. The molecule has 16 heteroatoms. The van der Waals surface area contributed by atoms with Gasteiger partial charge in [0, 0.05) is 70.3 Å². The number of carbonyl (C=O) groups excluding carboxylic acids is 7. The molecular formula is C40H50O16. The van der Waals surface area contributed by atoms with E-state index in [0.29, 0.717) is 5.57 Å². The van der Waals surface area contributed by atoms with Gasteiger partial charge in [0.05, 0.1) is 23.5 Å². The maximum absolute atomic E-state index is 13.9. The highest BCUT2D eigenvalue weighted by atomic mass is 16.7. The minimum absolute atomic E-state index is 0.184. The first kappa shape index (κ1) is 41.1. The summed E-state index contributed by atoms with van der Waals surface area (Å²) >= 11 is 0. The van der Waals surface area contributed by atoms with Gasteiger partial charge in [-0.05, 0) is 24.8 Å².